The second-order valence-electron chi connectivity index (χ2n) is 4.94. The molecule has 0 saturated carbocycles. The summed E-state index contributed by atoms with van der Waals surface area (Å²) in [7, 11) is 0. The molecule has 3 N–H and O–H groups in total. The maximum absolute atomic E-state index is 12.1. The second kappa shape index (κ2) is 6.19. The fraction of sp³-hybridized carbons (Fsp3) is 0. The highest BCUT2D eigenvalue weighted by molar-refractivity contribution is 6.03. The van der Waals surface area contributed by atoms with E-state index in [0.717, 1.165) is 5.39 Å². The number of phenols is 2. The lowest BCUT2D eigenvalue weighted by Crippen LogP contribution is -2.17. The number of fused-ring (bicyclic) bond motifs is 1. The van der Waals surface area contributed by atoms with Gasteiger partial charge in [0.2, 0.25) is 0 Å². The summed E-state index contributed by atoms with van der Waals surface area (Å²) in [6.45, 7) is 0. The standard InChI is InChI=1S/C18H14N2O3/c21-16-8-4-2-6-13(16)11-19-20-18(23)15-10-9-12-5-1-3-7-14(12)17(15)22/h1-11,21-22H,(H,20,23)/b19-11-. The van der Waals surface area contributed by atoms with Gasteiger partial charge in [-0.3, -0.25) is 4.79 Å². The number of hydrazone groups is 1. The van der Waals surface area contributed by atoms with Crippen LogP contribution in [0.25, 0.3) is 10.8 Å². The number of carbonyl (C=O) groups excluding carboxylic acids is 1. The third-order valence-corrected chi connectivity index (χ3v) is 3.45. The molecule has 5 nitrogen and oxygen atoms in total. The number of nitrogens with one attached hydrogen (secondary N) is 1. The van der Waals surface area contributed by atoms with Crippen LogP contribution in [0, 0.1) is 0 Å². The van der Waals surface area contributed by atoms with Crippen LogP contribution in [0.1, 0.15) is 15.9 Å². The molecule has 0 atom stereocenters. The van der Waals surface area contributed by atoms with Crippen molar-refractivity contribution in [2.75, 3.05) is 0 Å². The third-order valence-electron chi connectivity index (χ3n) is 3.45. The van der Waals surface area contributed by atoms with E-state index in [-0.39, 0.29) is 17.1 Å². The first-order chi connectivity index (χ1) is 11.2. The molecule has 0 spiro atoms. The normalized spacial score (nSPS) is 11.0. The Morgan fingerprint density at radius 3 is 2.52 bits per heavy atom. The first-order valence-corrected chi connectivity index (χ1v) is 6.99. The van der Waals surface area contributed by atoms with Crippen LogP contribution >= 0.6 is 0 Å². The van der Waals surface area contributed by atoms with Gasteiger partial charge in [-0.05, 0) is 23.6 Å². The SMILES string of the molecule is O=C(N/N=C\c1ccccc1O)c1ccc2ccccc2c1O. The summed E-state index contributed by atoms with van der Waals surface area (Å²) in [6.07, 6.45) is 1.34. The van der Waals surface area contributed by atoms with Gasteiger partial charge in [-0.1, -0.05) is 42.5 Å². The van der Waals surface area contributed by atoms with E-state index in [9.17, 15) is 15.0 Å². The minimum atomic E-state index is -0.528. The number of rotatable bonds is 3. The van der Waals surface area contributed by atoms with Crippen molar-refractivity contribution < 1.29 is 15.0 Å². The molecule has 1 amide bonds. The maximum atomic E-state index is 12.1. The molecule has 23 heavy (non-hydrogen) atoms. The number of aromatic hydroxyl groups is 2. The van der Waals surface area contributed by atoms with Crippen molar-refractivity contribution in [2.45, 2.75) is 0 Å². The molecule has 0 aliphatic heterocycles. The Morgan fingerprint density at radius 1 is 0.957 bits per heavy atom. The third kappa shape index (κ3) is 2.98. The molecule has 3 aromatic rings. The van der Waals surface area contributed by atoms with Gasteiger partial charge in [0.05, 0.1) is 11.8 Å². The Balaban J connectivity index is 1.81. The van der Waals surface area contributed by atoms with Crippen LogP contribution in [0.5, 0.6) is 11.5 Å². The zero-order chi connectivity index (χ0) is 16.2. The molecule has 0 saturated heterocycles. The average Bonchev–Trinajstić information content (AvgIpc) is 2.57. The van der Waals surface area contributed by atoms with Crippen LogP contribution in [-0.4, -0.2) is 22.3 Å². The summed E-state index contributed by atoms with van der Waals surface area (Å²) in [6, 6.07) is 17.2. The molecule has 0 aliphatic carbocycles. The van der Waals surface area contributed by atoms with E-state index >= 15 is 0 Å². The van der Waals surface area contributed by atoms with E-state index in [1.165, 1.54) is 12.3 Å². The van der Waals surface area contributed by atoms with E-state index in [1.807, 2.05) is 12.1 Å². The molecule has 0 bridgehead atoms. The number of hydrogen-bond donors (Lipinski definition) is 3. The van der Waals surface area contributed by atoms with Gasteiger partial charge in [0.1, 0.15) is 11.5 Å². The number of benzene rings is 3. The number of carbonyl (C=O) groups is 1. The van der Waals surface area contributed by atoms with Crippen molar-refractivity contribution in [1.29, 1.82) is 0 Å². The lowest BCUT2D eigenvalue weighted by atomic mass is 10.1. The number of nitrogens with zero attached hydrogens (tertiary/aromatic N) is 1. The van der Waals surface area contributed by atoms with Gasteiger partial charge >= 0.3 is 0 Å². The van der Waals surface area contributed by atoms with Crippen molar-refractivity contribution in [3.8, 4) is 11.5 Å². The van der Waals surface area contributed by atoms with Gasteiger partial charge in [-0.2, -0.15) is 5.10 Å². The minimum Gasteiger partial charge on any atom is -0.507 e. The van der Waals surface area contributed by atoms with Crippen molar-refractivity contribution >= 4 is 22.9 Å². The van der Waals surface area contributed by atoms with Crippen LogP contribution < -0.4 is 5.43 Å². The molecule has 0 aromatic heterocycles. The molecule has 0 aliphatic rings. The quantitative estimate of drug-likeness (QED) is 0.514. The predicted molar refractivity (Wildman–Crippen MR) is 88.8 cm³/mol. The average molecular weight is 306 g/mol. The van der Waals surface area contributed by atoms with Gasteiger partial charge in [-0.25, -0.2) is 5.43 Å². The van der Waals surface area contributed by atoms with Gasteiger partial charge in [0.15, 0.2) is 0 Å². The monoisotopic (exact) mass is 306 g/mol. The molecule has 3 rings (SSSR count). The van der Waals surface area contributed by atoms with Crippen LogP contribution in [0.15, 0.2) is 65.8 Å². The van der Waals surface area contributed by atoms with Crippen LogP contribution in [0.4, 0.5) is 0 Å². The first-order valence-electron chi connectivity index (χ1n) is 6.99. The Bertz CT molecular complexity index is 904. The fourth-order valence-electron chi connectivity index (χ4n) is 2.26. The predicted octanol–water partition coefficient (Wildman–Crippen LogP) is 3.01. The Labute approximate surface area is 132 Å². The fourth-order valence-corrected chi connectivity index (χ4v) is 2.26. The maximum Gasteiger partial charge on any atom is 0.275 e. The van der Waals surface area contributed by atoms with Crippen molar-refractivity contribution in [3.63, 3.8) is 0 Å². The topological polar surface area (TPSA) is 81.9 Å². The lowest BCUT2D eigenvalue weighted by molar-refractivity contribution is 0.0952. The summed E-state index contributed by atoms with van der Waals surface area (Å²) >= 11 is 0. The van der Waals surface area contributed by atoms with Gasteiger partial charge in [0.25, 0.3) is 5.91 Å². The molecule has 0 unspecified atom stereocenters. The summed E-state index contributed by atoms with van der Waals surface area (Å²) in [4.78, 5) is 12.1. The number of amides is 1. The minimum absolute atomic E-state index is 0.0686. The van der Waals surface area contributed by atoms with Crippen LogP contribution in [0.3, 0.4) is 0 Å². The lowest BCUT2D eigenvalue weighted by Gasteiger charge is -2.06. The first kappa shape index (κ1) is 14.6. The molecular formula is C18H14N2O3. The highest BCUT2D eigenvalue weighted by atomic mass is 16.3. The summed E-state index contributed by atoms with van der Waals surface area (Å²) in [5.74, 6) is -0.544. The van der Waals surface area contributed by atoms with E-state index in [1.54, 1.807) is 42.5 Å². The zero-order valence-electron chi connectivity index (χ0n) is 12.1. The van der Waals surface area contributed by atoms with E-state index in [0.29, 0.717) is 10.9 Å². The zero-order valence-corrected chi connectivity index (χ0v) is 12.1. The van der Waals surface area contributed by atoms with Crippen molar-refractivity contribution in [3.05, 3.63) is 71.8 Å². The molecule has 0 fully saturated rings. The summed E-state index contributed by atoms with van der Waals surface area (Å²) in [5.41, 5.74) is 2.96. The van der Waals surface area contributed by atoms with Crippen LogP contribution in [0.2, 0.25) is 0 Å². The Kier molecular flexibility index (Phi) is 3.93. The Hall–Kier alpha value is -3.34. The number of para-hydroxylation sites is 1. The summed E-state index contributed by atoms with van der Waals surface area (Å²) in [5, 5.41) is 25.1. The summed E-state index contributed by atoms with van der Waals surface area (Å²) < 4.78 is 0. The number of hydrogen-bond acceptors (Lipinski definition) is 4. The van der Waals surface area contributed by atoms with Crippen molar-refractivity contribution in [1.82, 2.24) is 5.43 Å². The smallest absolute Gasteiger partial charge is 0.275 e. The molecule has 114 valence electrons. The highest BCUT2D eigenvalue weighted by Crippen LogP contribution is 2.28. The largest absolute Gasteiger partial charge is 0.507 e. The number of phenolic OH excluding ortho intramolecular Hbond substituents is 2. The van der Waals surface area contributed by atoms with E-state index < -0.39 is 5.91 Å². The Morgan fingerprint density at radius 2 is 1.70 bits per heavy atom. The van der Waals surface area contributed by atoms with Gasteiger partial charge in [0, 0.05) is 10.9 Å². The second-order valence-corrected chi connectivity index (χ2v) is 4.94. The molecule has 0 radical (unpaired) electrons. The van der Waals surface area contributed by atoms with E-state index in [4.69, 9.17) is 0 Å². The van der Waals surface area contributed by atoms with E-state index in [2.05, 4.69) is 10.5 Å². The molecule has 5 heteroatoms. The highest BCUT2D eigenvalue weighted by Gasteiger charge is 2.12. The van der Waals surface area contributed by atoms with Gasteiger partial charge < -0.3 is 10.2 Å². The van der Waals surface area contributed by atoms with Crippen LogP contribution in [-0.2, 0) is 0 Å². The van der Waals surface area contributed by atoms with Gasteiger partial charge in [-0.15, -0.1) is 0 Å². The molecule has 0 heterocycles. The van der Waals surface area contributed by atoms with Crippen molar-refractivity contribution in [2.24, 2.45) is 5.10 Å². The molecule has 3 aromatic carbocycles. The molecular weight excluding hydrogens is 292 g/mol.